The summed E-state index contributed by atoms with van der Waals surface area (Å²) in [6, 6.07) is -0.327. The third kappa shape index (κ3) is 6.37. The first-order chi connectivity index (χ1) is 9.49. The summed E-state index contributed by atoms with van der Waals surface area (Å²) >= 11 is 0. The lowest BCUT2D eigenvalue weighted by Crippen LogP contribution is -2.40. The summed E-state index contributed by atoms with van der Waals surface area (Å²) < 4.78 is 5.25. The molecule has 1 heterocycles. The monoisotopic (exact) mass is 287 g/mol. The zero-order valence-corrected chi connectivity index (χ0v) is 11.3. The molecule has 0 spiro atoms. The molecule has 1 rings (SSSR count). The summed E-state index contributed by atoms with van der Waals surface area (Å²) in [5.74, 6) is -1.31. The van der Waals surface area contributed by atoms with Gasteiger partial charge in [0.25, 0.3) is 0 Å². The van der Waals surface area contributed by atoms with Gasteiger partial charge in [-0.05, 0) is 25.7 Å². The lowest BCUT2D eigenvalue weighted by Gasteiger charge is -2.12. The van der Waals surface area contributed by atoms with Gasteiger partial charge in [-0.25, -0.2) is 9.59 Å². The van der Waals surface area contributed by atoms with Crippen LogP contribution in [-0.4, -0.2) is 48.3 Å². The number of primary amides is 1. The molecule has 1 aliphatic rings. The zero-order valence-electron chi connectivity index (χ0n) is 11.3. The van der Waals surface area contributed by atoms with Crippen molar-refractivity contribution in [1.29, 1.82) is 0 Å². The fourth-order valence-corrected chi connectivity index (χ4v) is 1.93. The van der Waals surface area contributed by atoms with Gasteiger partial charge >= 0.3 is 12.0 Å². The number of nitrogens with two attached hydrogens (primary N) is 1. The molecule has 0 bridgehead atoms. The molecular formula is C12H21N3O5. The van der Waals surface area contributed by atoms with Crippen molar-refractivity contribution in [2.24, 2.45) is 5.73 Å². The first kappa shape index (κ1) is 16.2. The molecule has 1 saturated heterocycles. The number of urea groups is 1. The molecule has 5 N–H and O–H groups in total. The van der Waals surface area contributed by atoms with Gasteiger partial charge < -0.3 is 26.2 Å². The number of ether oxygens (including phenoxy) is 1. The Kier molecular flexibility index (Phi) is 6.78. The molecule has 3 amide bonds. The lowest BCUT2D eigenvalue weighted by molar-refractivity contribution is -0.149. The fourth-order valence-electron chi connectivity index (χ4n) is 1.93. The van der Waals surface area contributed by atoms with Crippen molar-refractivity contribution in [2.75, 3.05) is 13.1 Å². The molecule has 0 aromatic rings. The highest BCUT2D eigenvalue weighted by molar-refractivity contribution is 5.74. The molecule has 2 atom stereocenters. The van der Waals surface area contributed by atoms with Gasteiger partial charge in [0.15, 0.2) is 6.10 Å². The number of amides is 3. The standard InChI is InChI=1S/C12H21N3O5/c13-10(16)3-1-2-6-14-12(19)15-7-8-4-5-9(20-8)11(17)18/h8-9H,1-7H2,(H2,13,16)(H,17,18)(H2,14,15,19). The Hall–Kier alpha value is -1.83. The topological polar surface area (TPSA) is 131 Å². The van der Waals surface area contributed by atoms with Crippen molar-refractivity contribution in [1.82, 2.24) is 10.6 Å². The second kappa shape index (κ2) is 8.36. The predicted molar refractivity (Wildman–Crippen MR) is 70.0 cm³/mol. The number of carbonyl (C=O) groups excluding carboxylic acids is 2. The van der Waals surface area contributed by atoms with E-state index in [-0.39, 0.29) is 24.6 Å². The molecule has 1 fully saturated rings. The number of aliphatic carboxylic acids is 1. The zero-order chi connectivity index (χ0) is 15.0. The number of carboxylic acids is 1. The molecule has 2 unspecified atom stereocenters. The van der Waals surface area contributed by atoms with Gasteiger partial charge in [-0.3, -0.25) is 4.79 Å². The van der Waals surface area contributed by atoms with Crippen LogP contribution in [0.1, 0.15) is 32.1 Å². The third-order valence-electron chi connectivity index (χ3n) is 3.01. The Morgan fingerprint density at radius 1 is 1.20 bits per heavy atom. The van der Waals surface area contributed by atoms with Crippen LogP contribution >= 0.6 is 0 Å². The second-order valence-corrected chi connectivity index (χ2v) is 4.72. The van der Waals surface area contributed by atoms with E-state index in [9.17, 15) is 14.4 Å². The maximum absolute atomic E-state index is 11.4. The van der Waals surface area contributed by atoms with E-state index in [1.54, 1.807) is 0 Å². The fraction of sp³-hybridized carbons (Fsp3) is 0.750. The lowest BCUT2D eigenvalue weighted by atomic mass is 10.2. The van der Waals surface area contributed by atoms with Crippen molar-refractivity contribution in [3.05, 3.63) is 0 Å². The summed E-state index contributed by atoms with van der Waals surface area (Å²) in [4.78, 5) is 32.6. The van der Waals surface area contributed by atoms with Gasteiger partial charge in [0.1, 0.15) is 0 Å². The molecule has 0 aromatic carbocycles. The molecule has 0 radical (unpaired) electrons. The minimum absolute atomic E-state index is 0.253. The van der Waals surface area contributed by atoms with Gasteiger partial charge in [0.05, 0.1) is 6.10 Å². The first-order valence-corrected chi connectivity index (χ1v) is 6.67. The van der Waals surface area contributed by atoms with E-state index in [1.807, 2.05) is 0 Å². The molecular weight excluding hydrogens is 266 g/mol. The van der Waals surface area contributed by atoms with Crippen molar-refractivity contribution >= 4 is 17.9 Å². The quantitative estimate of drug-likeness (QED) is 0.450. The van der Waals surface area contributed by atoms with Crippen LogP contribution in [0.5, 0.6) is 0 Å². The summed E-state index contributed by atoms with van der Waals surface area (Å²) in [6.07, 6.45) is 1.71. The average molecular weight is 287 g/mol. The van der Waals surface area contributed by atoms with Crippen molar-refractivity contribution < 1.29 is 24.2 Å². The van der Waals surface area contributed by atoms with Crippen LogP contribution in [-0.2, 0) is 14.3 Å². The van der Waals surface area contributed by atoms with Crippen LogP contribution < -0.4 is 16.4 Å². The van der Waals surface area contributed by atoms with Crippen LogP contribution in [0.4, 0.5) is 4.79 Å². The Balaban J connectivity index is 2.03. The normalized spacial score (nSPS) is 21.4. The maximum Gasteiger partial charge on any atom is 0.332 e. The van der Waals surface area contributed by atoms with E-state index in [4.69, 9.17) is 15.6 Å². The van der Waals surface area contributed by atoms with Gasteiger partial charge in [-0.2, -0.15) is 0 Å². The predicted octanol–water partition coefficient (Wildman–Crippen LogP) is -0.427. The van der Waals surface area contributed by atoms with E-state index in [1.165, 1.54) is 0 Å². The minimum atomic E-state index is -0.966. The molecule has 0 aliphatic carbocycles. The van der Waals surface area contributed by atoms with Crippen LogP contribution in [0, 0.1) is 0 Å². The third-order valence-corrected chi connectivity index (χ3v) is 3.01. The number of hydrogen-bond acceptors (Lipinski definition) is 4. The highest BCUT2D eigenvalue weighted by Crippen LogP contribution is 2.18. The minimum Gasteiger partial charge on any atom is -0.479 e. The molecule has 1 aliphatic heterocycles. The number of unbranched alkanes of at least 4 members (excludes halogenated alkanes) is 1. The van der Waals surface area contributed by atoms with Crippen molar-refractivity contribution in [3.8, 4) is 0 Å². The van der Waals surface area contributed by atoms with Gasteiger partial charge in [-0.15, -0.1) is 0 Å². The molecule has 8 nitrogen and oxygen atoms in total. The number of carbonyl (C=O) groups is 3. The number of carboxylic acid groups (broad SMARTS) is 1. The number of hydrogen-bond donors (Lipinski definition) is 4. The number of nitrogens with one attached hydrogen (secondary N) is 2. The van der Waals surface area contributed by atoms with E-state index in [2.05, 4.69) is 10.6 Å². The van der Waals surface area contributed by atoms with Gasteiger partial charge in [0, 0.05) is 19.5 Å². The largest absolute Gasteiger partial charge is 0.479 e. The van der Waals surface area contributed by atoms with Crippen LogP contribution in [0.25, 0.3) is 0 Å². The highest BCUT2D eigenvalue weighted by Gasteiger charge is 2.30. The first-order valence-electron chi connectivity index (χ1n) is 6.67. The molecule has 0 saturated carbocycles. The Morgan fingerprint density at radius 3 is 2.55 bits per heavy atom. The highest BCUT2D eigenvalue weighted by atomic mass is 16.5. The van der Waals surface area contributed by atoms with Crippen LogP contribution in [0.15, 0.2) is 0 Å². The summed E-state index contributed by atoms with van der Waals surface area (Å²) in [7, 11) is 0. The Labute approximate surface area is 117 Å². The van der Waals surface area contributed by atoms with E-state index in [0.29, 0.717) is 38.6 Å². The summed E-state index contributed by atoms with van der Waals surface area (Å²) in [6.45, 7) is 0.749. The van der Waals surface area contributed by atoms with E-state index in [0.717, 1.165) is 0 Å². The summed E-state index contributed by atoms with van der Waals surface area (Å²) in [5.41, 5.74) is 4.99. The van der Waals surface area contributed by atoms with E-state index < -0.39 is 12.1 Å². The molecule has 20 heavy (non-hydrogen) atoms. The van der Waals surface area contributed by atoms with Crippen LogP contribution in [0.2, 0.25) is 0 Å². The van der Waals surface area contributed by atoms with Crippen molar-refractivity contribution in [2.45, 2.75) is 44.3 Å². The van der Waals surface area contributed by atoms with Crippen molar-refractivity contribution in [3.63, 3.8) is 0 Å². The Bertz CT molecular complexity index is 361. The smallest absolute Gasteiger partial charge is 0.332 e. The Morgan fingerprint density at radius 2 is 1.95 bits per heavy atom. The van der Waals surface area contributed by atoms with Crippen LogP contribution in [0.3, 0.4) is 0 Å². The second-order valence-electron chi connectivity index (χ2n) is 4.72. The number of rotatable bonds is 8. The molecule has 114 valence electrons. The van der Waals surface area contributed by atoms with Gasteiger partial charge in [0.2, 0.25) is 5.91 Å². The average Bonchev–Trinajstić information content (AvgIpc) is 2.84. The summed E-state index contributed by atoms with van der Waals surface area (Å²) in [5, 5.41) is 14.0. The van der Waals surface area contributed by atoms with E-state index >= 15 is 0 Å². The molecule has 8 heteroatoms. The van der Waals surface area contributed by atoms with Gasteiger partial charge in [-0.1, -0.05) is 0 Å². The maximum atomic E-state index is 11.4. The SMILES string of the molecule is NC(=O)CCCCNC(=O)NCC1CCC(C(=O)O)O1. The molecule has 0 aromatic heterocycles.